The molecule has 0 aliphatic carbocycles. The number of nitrogens with one attached hydrogen (secondary N) is 1. The van der Waals surface area contributed by atoms with Crippen LogP contribution in [-0.2, 0) is 0 Å². The van der Waals surface area contributed by atoms with Gasteiger partial charge in [0, 0.05) is 17.6 Å². The van der Waals surface area contributed by atoms with Gasteiger partial charge in [-0.05, 0) is 48.1 Å². The van der Waals surface area contributed by atoms with Gasteiger partial charge in [0.05, 0.1) is 6.17 Å². The van der Waals surface area contributed by atoms with Gasteiger partial charge in [0.15, 0.2) is 0 Å². The highest BCUT2D eigenvalue weighted by molar-refractivity contribution is 6.30. The van der Waals surface area contributed by atoms with E-state index in [2.05, 4.69) is 72.8 Å². The molecule has 0 aliphatic heterocycles. The second-order valence-electron chi connectivity index (χ2n) is 6.49. The Morgan fingerprint density at radius 3 is 2.36 bits per heavy atom. The monoisotopic (exact) mass is 353 g/mol. The number of benzene rings is 3. The van der Waals surface area contributed by atoms with Crippen molar-refractivity contribution >= 4 is 22.4 Å². The van der Waals surface area contributed by atoms with Crippen LogP contribution in [-0.4, -0.2) is 25.5 Å². The number of hydrogen-bond acceptors (Lipinski definition) is 3. The average molecular weight is 354 g/mol. The van der Waals surface area contributed by atoms with Gasteiger partial charge in [-0.1, -0.05) is 66.2 Å². The molecule has 0 heterocycles. The van der Waals surface area contributed by atoms with Gasteiger partial charge in [-0.3, -0.25) is 5.32 Å². The van der Waals surface area contributed by atoms with E-state index in [0.29, 0.717) is 0 Å². The molecule has 0 aliphatic rings. The molecule has 3 N–H and O–H groups in total. The molecule has 130 valence electrons. The van der Waals surface area contributed by atoms with Crippen LogP contribution in [0.1, 0.15) is 23.3 Å². The molecule has 2 unspecified atom stereocenters. The van der Waals surface area contributed by atoms with Crippen LogP contribution >= 0.6 is 11.6 Å². The number of nitrogens with two attached hydrogens (primary N) is 1. The zero-order chi connectivity index (χ0) is 17.8. The first-order valence-electron chi connectivity index (χ1n) is 8.45. The Morgan fingerprint density at radius 2 is 1.64 bits per heavy atom. The van der Waals surface area contributed by atoms with E-state index in [-0.39, 0.29) is 12.2 Å². The summed E-state index contributed by atoms with van der Waals surface area (Å²) in [6.45, 7) is 0.749. The van der Waals surface area contributed by atoms with Crippen molar-refractivity contribution < 1.29 is 0 Å². The molecule has 3 rings (SSSR count). The van der Waals surface area contributed by atoms with Crippen molar-refractivity contribution in [2.75, 3.05) is 20.6 Å². The average Bonchev–Trinajstić information content (AvgIpc) is 2.62. The molecule has 0 saturated heterocycles. The summed E-state index contributed by atoms with van der Waals surface area (Å²) in [4.78, 5) is 2.19. The molecular formula is C21H24ClN3. The van der Waals surface area contributed by atoms with Gasteiger partial charge in [-0.15, -0.1) is 0 Å². The lowest BCUT2D eigenvalue weighted by Crippen LogP contribution is -2.36. The summed E-state index contributed by atoms with van der Waals surface area (Å²) in [5.74, 6) is 0. The Kier molecular flexibility index (Phi) is 5.71. The number of nitrogens with zero attached hydrogens (tertiary/aromatic N) is 1. The smallest absolute Gasteiger partial charge is 0.0816 e. The lowest BCUT2D eigenvalue weighted by Gasteiger charge is -2.27. The number of fused-ring (bicyclic) bond motifs is 1. The van der Waals surface area contributed by atoms with E-state index in [9.17, 15) is 0 Å². The zero-order valence-corrected chi connectivity index (χ0v) is 15.4. The maximum Gasteiger partial charge on any atom is 0.0816 e. The molecule has 0 amide bonds. The molecule has 3 nitrogen and oxygen atoms in total. The van der Waals surface area contributed by atoms with Crippen LogP contribution in [0.2, 0.25) is 5.02 Å². The predicted molar refractivity (Wildman–Crippen MR) is 107 cm³/mol. The van der Waals surface area contributed by atoms with E-state index in [1.807, 2.05) is 18.2 Å². The lowest BCUT2D eigenvalue weighted by atomic mass is 10.0. The summed E-state index contributed by atoms with van der Waals surface area (Å²) in [5.41, 5.74) is 8.79. The van der Waals surface area contributed by atoms with Crippen LogP contribution < -0.4 is 11.1 Å². The van der Waals surface area contributed by atoms with Crippen molar-refractivity contribution in [3.05, 3.63) is 82.9 Å². The molecular weight excluding hydrogens is 330 g/mol. The number of hydrogen-bond donors (Lipinski definition) is 2. The topological polar surface area (TPSA) is 41.3 Å². The minimum Gasteiger partial charge on any atom is -0.312 e. The molecule has 25 heavy (non-hydrogen) atoms. The van der Waals surface area contributed by atoms with Crippen LogP contribution in [0.4, 0.5) is 0 Å². The van der Waals surface area contributed by atoms with Crippen LogP contribution in [0.25, 0.3) is 10.8 Å². The summed E-state index contributed by atoms with van der Waals surface area (Å²) in [7, 11) is 4.15. The summed E-state index contributed by atoms with van der Waals surface area (Å²) in [6.07, 6.45) is -0.221. The van der Waals surface area contributed by atoms with E-state index < -0.39 is 0 Å². The summed E-state index contributed by atoms with van der Waals surface area (Å²) < 4.78 is 0. The van der Waals surface area contributed by atoms with Crippen molar-refractivity contribution in [2.45, 2.75) is 12.2 Å². The summed E-state index contributed by atoms with van der Waals surface area (Å²) in [5, 5.41) is 6.64. The maximum atomic E-state index is 6.46. The van der Waals surface area contributed by atoms with Crippen molar-refractivity contribution in [2.24, 2.45) is 5.73 Å². The Bertz CT molecular complexity index is 825. The van der Waals surface area contributed by atoms with Crippen LogP contribution in [0.15, 0.2) is 66.7 Å². The minimum atomic E-state index is -0.221. The third kappa shape index (κ3) is 4.20. The van der Waals surface area contributed by atoms with Gasteiger partial charge in [-0.2, -0.15) is 0 Å². The first-order valence-corrected chi connectivity index (χ1v) is 8.82. The second-order valence-corrected chi connectivity index (χ2v) is 6.92. The van der Waals surface area contributed by atoms with Crippen molar-refractivity contribution in [3.63, 3.8) is 0 Å². The quantitative estimate of drug-likeness (QED) is 0.647. The minimum absolute atomic E-state index is 0.221. The highest BCUT2D eigenvalue weighted by atomic mass is 35.5. The fourth-order valence-corrected chi connectivity index (χ4v) is 3.28. The molecule has 4 heteroatoms. The third-order valence-electron chi connectivity index (χ3n) is 4.57. The highest BCUT2D eigenvalue weighted by Crippen LogP contribution is 2.24. The molecule has 0 bridgehead atoms. The van der Waals surface area contributed by atoms with Crippen LogP contribution in [0.5, 0.6) is 0 Å². The van der Waals surface area contributed by atoms with Gasteiger partial charge < -0.3 is 10.6 Å². The molecule has 2 atom stereocenters. The first-order chi connectivity index (χ1) is 12.1. The van der Waals surface area contributed by atoms with Crippen molar-refractivity contribution in [1.82, 2.24) is 10.2 Å². The van der Waals surface area contributed by atoms with Crippen molar-refractivity contribution in [3.8, 4) is 0 Å². The van der Waals surface area contributed by atoms with Gasteiger partial charge in [-0.25, -0.2) is 0 Å². The van der Waals surface area contributed by atoms with Gasteiger partial charge >= 0.3 is 0 Å². The molecule has 0 spiro atoms. The molecule has 3 aromatic carbocycles. The Balaban J connectivity index is 1.77. The standard InChI is InChI=1S/C21H24ClN3/c1-25(2)20(16-10-12-17(22)13-11-16)14-24-21(23)19-9-5-7-15-6-3-4-8-18(15)19/h3-13,20-21,24H,14,23H2,1-2H3. The number of halogens is 1. The summed E-state index contributed by atoms with van der Waals surface area (Å²) >= 11 is 6.01. The molecule has 0 aromatic heterocycles. The van der Waals surface area contributed by atoms with E-state index in [0.717, 1.165) is 17.1 Å². The highest BCUT2D eigenvalue weighted by Gasteiger charge is 2.16. The zero-order valence-electron chi connectivity index (χ0n) is 14.6. The Hall–Kier alpha value is -1.91. The largest absolute Gasteiger partial charge is 0.312 e. The van der Waals surface area contributed by atoms with E-state index >= 15 is 0 Å². The van der Waals surface area contributed by atoms with Gasteiger partial charge in [0.25, 0.3) is 0 Å². The number of rotatable bonds is 6. The van der Waals surface area contributed by atoms with Crippen molar-refractivity contribution in [1.29, 1.82) is 0 Å². The number of likely N-dealkylation sites (N-methyl/N-ethyl adjacent to an activating group) is 1. The van der Waals surface area contributed by atoms with Gasteiger partial charge in [0.1, 0.15) is 0 Å². The predicted octanol–water partition coefficient (Wildman–Crippen LogP) is 4.34. The third-order valence-corrected chi connectivity index (χ3v) is 4.82. The molecule has 3 aromatic rings. The second kappa shape index (κ2) is 7.98. The summed E-state index contributed by atoms with van der Waals surface area (Å²) in [6, 6.07) is 22.8. The van der Waals surface area contributed by atoms with E-state index in [1.54, 1.807) is 0 Å². The van der Waals surface area contributed by atoms with Crippen LogP contribution in [0, 0.1) is 0 Å². The van der Waals surface area contributed by atoms with E-state index in [1.165, 1.54) is 16.3 Å². The molecule has 0 saturated carbocycles. The fraction of sp³-hybridized carbons (Fsp3) is 0.238. The molecule has 0 radical (unpaired) electrons. The van der Waals surface area contributed by atoms with E-state index in [4.69, 9.17) is 17.3 Å². The van der Waals surface area contributed by atoms with Gasteiger partial charge in [0.2, 0.25) is 0 Å². The molecule has 0 fully saturated rings. The fourth-order valence-electron chi connectivity index (χ4n) is 3.15. The first kappa shape index (κ1) is 17.9. The lowest BCUT2D eigenvalue weighted by molar-refractivity contribution is 0.280. The maximum absolute atomic E-state index is 6.46. The SMILES string of the molecule is CN(C)C(CNC(N)c1cccc2ccccc12)c1ccc(Cl)cc1. The van der Waals surface area contributed by atoms with Crippen LogP contribution in [0.3, 0.4) is 0 Å². The normalized spacial score (nSPS) is 14.0. The Morgan fingerprint density at radius 1 is 0.960 bits per heavy atom. The Labute approximate surface area is 154 Å².